The molecule has 3 N–H and O–H groups in total. The summed E-state index contributed by atoms with van der Waals surface area (Å²) in [6, 6.07) is 12.3. The van der Waals surface area contributed by atoms with E-state index in [0.29, 0.717) is 5.69 Å². The third kappa shape index (κ3) is 2.38. The fourth-order valence-electron chi connectivity index (χ4n) is 2.45. The van der Waals surface area contributed by atoms with Gasteiger partial charge in [-0.2, -0.15) is 5.10 Å². The maximum Gasteiger partial charge on any atom is 0.152 e. The first-order valence-corrected chi connectivity index (χ1v) is 7.68. The van der Waals surface area contributed by atoms with E-state index in [9.17, 15) is 0 Å². The minimum Gasteiger partial charge on any atom is -0.394 e. The van der Waals surface area contributed by atoms with Gasteiger partial charge in [-0.15, -0.1) is 0 Å². The summed E-state index contributed by atoms with van der Waals surface area (Å²) in [6.45, 7) is 4.75. The van der Waals surface area contributed by atoms with Crippen LogP contribution in [-0.2, 0) is 6.54 Å². The Kier molecular flexibility index (Phi) is 3.59. The molecule has 1 aromatic heterocycles. The number of nitrogen functional groups attached to an aromatic ring is 1. The van der Waals surface area contributed by atoms with Crippen LogP contribution in [0.2, 0.25) is 0 Å². The van der Waals surface area contributed by atoms with Gasteiger partial charge < -0.3 is 11.1 Å². The lowest BCUT2D eigenvalue weighted by Gasteiger charge is -2.12. The molecule has 21 heavy (non-hydrogen) atoms. The van der Waals surface area contributed by atoms with Gasteiger partial charge in [0.05, 0.1) is 11.4 Å². The molecule has 0 atom stereocenters. The number of benzene rings is 2. The van der Waals surface area contributed by atoms with E-state index >= 15 is 0 Å². The lowest BCUT2D eigenvalue weighted by molar-refractivity contribution is 0.661. The van der Waals surface area contributed by atoms with Crippen LogP contribution in [0.4, 0.5) is 17.2 Å². The van der Waals surface area contributed by atoms with Gasteiger partial charge in [-0.3, -0.25) is 0 Å². The van der Waals surface area contributed by atoms with Crippen LogP contribution in [0.25, 0.3) is 10.8 Å². The second kappa shape index (κ2) is 5.41. The third-order valence-electron chi connectivity index (χ3n) is 3.60. The maximum atomic E-state index is 6.15. The molecule has 0 aliphatic heterocycles. The summed E-state index contributed by atoms with van der Waals surface area (Å²) in [5, 5.41) is 10.2. The predicted molar refractivity (Wildman–Crippen MR) is 92.0 cm³/mol. The Balaban J connectivity index is 2.13. The highest BCUT2D eigenvalue weighted by atomic mass is 79.9. The third-order valence-corrected chi connectivity index (χ3v) is 4.29. The van der Waals surface area contributed by atoms with Crippen LogP contribution in [0.1, 0.15) is 12.6 Å². The molecule has 0 radical (unpaired) electrons. The van der Waals surface area contributed by atoms with Crippen molar-refractivity contribution < 1.29 is 0 Å². The predicted octanol–water partition coefficient (Wildman–Crippen LogP) is 4.45. The fourth-order valence-corrected chi connectivity index (χ4v) is 2.93. The summed E-state index contributed by atoms with van der Waals surface area (Å²) >= 11 is 3.59. The molecule has 0 saturated heterocycles. The van der Waals surface area contributed by atoms with Crippen molar-refractivity contribution in [2.45, 2.75) is 20.4 Å². The van der Waals surface area contributed by atoms with E-state index < -0.39 is 0 Å². The largest absolute Gasteiger partial charge is 0.394 e. The Hall–Kier alpha value is -2.01. The van der Waals surface area contributed by atoms with Crippen molar-refractivity contribution in [2.24, 2.45) is 0 Å². The first kappa shape index (κ1) is 13.9. The highest BCUT2D eigenvalue weighted by molar-refractivity contribution is 9.10. The molecule has 3 aromatic rings. The van der Waals surface area contributed by atoms with Crippen molar-refractivity contribution in [2.75, 3.05) is 11.1 Å². The summed E-state index contributed by atoms with van der Waals surface area (Å²) in [5.41, 5.74) is 8.71. The smallest absolute Gasteiger partial charge is 0.152 e. The Labute approximate surface area is 132 Å². The highest BCUT2D eigenvalue weighted by Gasteiger charge is 2.13. The van der Waals surface area contributed by atoms with E-state index in [0.717, 1.165) is 33.6 Å². The zero-order chi connectivity index (χ0) is 15.0. The SMILES string of the molecule is CCn1nc(C)c(N)c1Nc1ccc(Br)c2ccccc12. The number of aryl methyl sites for hydroxylation is 2. The average Bonchev–Trinajstić information content (AvgIpc) is 2.78. The van der Waals surface area contributed by atoms with Crippen LogP contribution in [0.5, 0.6) is 0 Å². The fraction of sp³-hybridized carbons (Fsp3) is 0.188. The number of anilines is 3. The van der Waals surface area contributed by atoms with Gasteiger partial charge in [0.15, 0.2) is 5.82 Å². The van der Waals surface area contributed by atoms with E-state index in [4.69, 9.17) is 5.73 Å². The summed E-state index contributed by atoms with van der Waals surface area (Å²) < 4.78 is 2.97. The molecule has 2 aromatic carbocycles. The molecule has 5 heteroatoms. The molecule has 0 amide bonds. The summed E-state index contributed by atoms with van der Waals surface area (Å²) in [6.07, 6.45) is 0. The number of fused-ring (bicyclic) bond motifs is 1. The highest BCUT2D eigenvalue weighted by Crippen LogP contribution is 2.33. The van der Waals surface area contributed by atoms with Crippen LogP contribution in [0, 0.1) is 6.92 Å². The number of hydrogen-bond acceptors (Lipinski definition) is 3. The summed E-state index contributed by atoms with van der Waals surface area (Å²) in [5.74, 6) is 0.850. The molecule has 0 saturated carbocycles. The van der Waals surface area contributed by atoms with Gasteiger partial charge in [0.2, 0.25) is 0 Å². The van der Waals surface area contributed by atoms with Gasteiger partial charge in [-0.1, -0.05) is 40.2 Å². The van der Waals surface area contributed by atoms with Crippen LogP contribution >= 0.6 is 15.9 Å². The average molecular weight is 345 g/mol. The molecular weight excluding hydrogens is 328 g/mol. The second-order valence-electron chi connectivity index (χ2n) is 4.93. The van der Waals surface area contributed by atoms with Crippen molar-refractivity contribution >= 4 is 43.9 Å². The summed E-state index contributed by atoms with van der Waals surface area (Å²) in [7, 11) is 0. The van der Waals surface area contributed by atoms with Crippen molar-refractivity contribution in [3.05, 3.63) is 46.6 Å². The van der Waals surface area contributed by atoms with E-state index in [2.05, 4.69) is 45.4 Å². The molecule has 0 aliphatic carbocycles. The van der Waals surface area contributed by atoms with E-state index in [-0.39, 0.29) is 0 Å². The molecule has 0 spiro atoms. The van der Waals surface area contributed by atoms with E-state index in [1.807, 2.05) is 35.9 Å². The molecule has 0 unspecified atom stereocenters. The first-order chi connectivity index (χ1) is 10.1. The maximum absolute atomic E-state index is 6.15. The molecule has 108 valence electrons. The molecular formula is C16H17BrN4. The molecule has 1 heterocycles. The van der Waals surface area contributed by atoms with Crippen LogP contribution in [-0.4, -0.2) is 9.78 Å². The molecule has 4 nitrogen and oxygen atoms in total. The minimum absolute atomic E-state index is 0.698. The van der Waals surface area contributed by atoms with Crippen molar-refractivity contribution in [3.63, 3.8) is 0 Å². The number of halogens is 1. The second-order valence-corrected chi connectivity index (χ2v) is 5.78. The lowest BCUT2D eigenvalue weighted by atomic mass is 10.1. The zero-order valence-electron chi connectivity index (χ0n) is 12.0. The number of hydrogen-bond donors (Lipinski definition) is 2. The lowest BCUT2D eigenvalue weighted by Crippen LogP contribution is -2.04. The normalized spacial score (nSPS) is 11.0. The zero-order valence-corrected chi connectivity index (χ0v) is 13.6. The molecule has 0 aliphatic rings. The number of rotatable bonds is 3. The van der Waals surface area contributed by atoms with Crippen LogP contribution in [0.15, 0.2) is 40.9 Å². The van der Waals surface area contributed by atoms with Crippen molar-refractivity contribution in [1.82, 2.24) is 9.78 Å². The van der Waals surface area contributed by atoms with Crippen molar-refractivity contribution in [1.29, 1.82) is 0 Å². The van der Waals surface area contributed by atoms with Gasteiger partial charge in [0.1, 0.15) is 0 Å². The Bertz CT molecular complexity index is 807. The number of nitrogens with one attached hydrogen (secondary N) is 1. The van der Waals surface area contributed by atoms with Crippen LogP contribution in [0.3, 0.4) is 0 Å². The molecule has 0 bridgehead atoms. The standard InChI is InChI=1S/C16H17BrN4/c1-3-21-16(15(18)10(2)20-21)19-14-9-8-13(17)11-6-4-5-7-12(11)14/h4-9,19H,3,18H2,1-2H3. The molecule has 0 fully saturated rings. The topological polar surface area (TPSA) is 55.9 Å². The minimum atomic E-state index is 0.698. The Morgan fingerprint density at radius 2 is 1.90 bits per heavy atom. The quantitative estimate of drug-likeness (QED) is 0.737. The van der Waals surface area contributed by atoms with Gasteiger partial charge >= 0.3 is 0 Å². The van der Waals surface area contributed by atoms with E-state index in [1.54, 1.807) is 0 Å². The summed E-state index contributed by atoms with van der Waals surface area (Å²) in [4.78, 5) is 0. The molecule has 3 rings (SSSR count). The van der Waals surface area contributed by atoms with E-state index in [1.165, 1.54) is 5.39 Å². The Morgan fingerprint density at radius 1 is 1.19 bits per heavy atom. The van der Waals surface area contributed by atoms with Gasteiger partial charge in [0, 0.05) is 22.1 Å². The number of nitrogens with zero attached hydrogens (tertiary/aromatic N) is 2. The van der Waals surface area contributed by atoms with Crippen LogP contribution < -0.4 is 11.1 Å². The van der Waals surface area contributed by atoms with Gasteiger partial charge in [-0.05, 0) is 31.4 Å². The van der Waals surface area contributed by atoms with Crippen molar-refractivity contribution in [3.8, 4) is 0 Å². The van der Waals surface area contributed by atoms with Gasteiger partial charge in [0.25, 0.3) is 0 Å². The first-order valence-electron chi connectivity index (χ1n) is 6.89. The number of aromatic nitrogens is 2. The Morgan fingerprint density at radius 3 is 2.62 bits per heavy atom. The number of nitrogens with two attached hydrogens (primary N) is 1. The van der Waals surface area contributed by atoms with Gasteiger partial charge in [-0.25, -0.2) is 4.68 Å². The monoisotopic (exact) mass is 344 g/mol.